The summed E-state index contributed by atoms with van der Waals surface area (Å²) in [4.78, 5) is 26.4. The third-order valence-corrected chi connectivity index (χ3v) is 7.35. The molecule has 0 bridgehead atoms. The summed E-state index contributed by atoms with van der Waals surface area (Å²) in [5, 5.41) is 11.2. The van der Waals surface area contributed by atoms with Crippen molar-refractivity contribution in [1.82, 2.24) is 10.2 Å². The van der Waals surface area contributed by atoms with Crippen molar-refractivity contribution in [3.63, 3.8) is 0 Å². The van der Waals surface area contributed by atoms with E-state index in [0.29, 0.717) is 26.6 Å². The Balaban J connectivity index is 1.80. The maximum absolute atomic E-state index is 12.7. The van der Waals surface area contributed by atoms with Crippen LogP contribution in [0.15, 0.2) is 4.34 Å². The first kappa shape index (κ1) is 20.1. The Kier molecular flexibility index (Phi) is 6.72. The zero-order chi connectivity index (χ0) is 19.4. The van der Waals surface area contributed by atoms with Crippen LogP contribution in [0.4, 0.5) is 10.1 Å². The number of ether oxygens (including phenoxy) is 1. The highest BCUT2D eigenvalue weighted by Gasteiger charge is 2.28. The van der Waals surface area contributed by atoms with Crippen LogP contribution in [0.3, 0.4) is 0 Å². The molecule has 10 heteroatoms. The second-order valence-corrected chi connectivity index (χ2v) is 9.85. The SMILES string of the molecule is CCOC(=O)c1c(NC(=O)C(C)Sc2nnc(N)s2)sc2c1CCCCC2. The molecule has 0 radical (unpaired) electrons. The van der Waals surface area contributed by atoms with E-state index in [-0.39, 0.29) is 11.9 Å². The summed E-state index contributed by atoms with van der Waals surface area (Å²) in [5.41, 5.74) is 7.16. The zero-order valence-electron chi connectivity index (χ0n) is 15.2. The van der Waals surface area contributed by atoms with Gasteiger partial charge in [-0.25, -0.2) is 4.79 Å². The highest BCUT2D eigenvalue weighted by Crippen LogP contribution is 2.38. The van der Waals surface area contributed by atoms with E-state index in [9.17, 15) is 9.59 Å². The molecule has 7 nitrogen and oxygen atoms in total. The number of hydrogen-bond donors (Lipinski definition) is 2. The molecule has 146 valence electrons. The maximum atomic E-state index is 12.7. The van der Waals surface area contributed by atoms with E-state index in [1.165, 1.54) is 39.3 Å². The van der Waals surface area contributed by atoms with Gasteiger partial charge in [-0.2, -0.15) is 0 Å². The van der Waals surface area contributed by atoms with Crippen LogP contribution in [-0.4, -0.2) is 33.9 Å². The van der Waals surface area contributed by atoms with E-state index in [1.54, 1.807) is 13.8 Å². The Morgan fingerprint density at radius 1 is 1.26 bits per heavy atom. The monoisotopic (exact) mass is 426 g/mol. The summed E-state index contributed by atoms with van der Waals surface area (Å²) in [6, 6.07) is 0. The number of nitrogens with one attached hydrogen (secondary N) is 1. The molecule has 0 aliphatic heterocycles. The number of hydrogen-bond acceptors (Lipinski definition) is 9. The summed E-state index contributed by atoms with van der Waals surface area (Å²) in [7, 11) is 0. The zero-order valence-corrected chi connectivity index (χ0v) is 17.7. The number of nitrogens with zero attached hydrogens (tertiary/aromatic N) is 2. The predicted molar refractivity (Wildman–Crippen MR) is 110 cm³/mol. The molecule has 2 aromatic heterocycles. The third-order valence-electron chi connectivity index (χ3n) is 4.21. The summed E-state index contributed by atoms with van der Waals surface area (Å²) in [6.45, 7) is 3.88. The number of nitrogens with two attached hydrogens (primary N) is 1. The molecular formula is C17H22N4O3S3. The molecule has 0 fully saturated rings. The van der Waals surface area contributed by atoms with E-state index in [0.717, 1.165) is 37.7 Å². The molecule has 0 saturated heterocycles. The fourth-order valence-corrected chi connectivity index (χ4v) is 6.00. The number of esters is 1. The highest BCUT2D eigenvalue weighted by atomic mass is 32.2. The lowest BCUT2D eigenvalue weighted by Crippen LogP contribution is -2.23. The molecule has 0 spiro atoms. The Bertz CT molecular complexity index is 834. The minimum atomic E-state index is -0.394. The summed E-state index contributed by atoms with van der Waals surface area (Å²) >= 11 is 4.04. The molecule has 1 aliphatic carbocycles. The van der Waals surface area contributed by atoms with Crippen molar-refractivity contribution in [3.05, 3.63) is 16.0 Å². The van der Waals surface area contributed by atoms with Crippen molar-refractivity contribution < 1.29 is 14.3 Å². The molecule has 2 heterocycles. The average Bonchev–Trinajstić information content (AvgIpc) is 3.10. The number of rotatable bonds is 6. The van der Waals surface area contributed by atoms with Crippen molar-refractivity contribution >= 4 is 56.4 Å². The summed E-state index contributed by atoms with van der Waals surface area (Å²) < 4.78 is 5.90. The van der Waals surface area contributed by atoms with Gasteiger partial charge in [-0.05, 0) is 45.1 Å². The van der Waals surface area contributed by atoms with Gasteiger partial charge < -0.3 is 15.8 Å². The number of thioether (sulfide) groups is 1. The molecular weight excluding hydrogens is 404 g/mol. The van der Waals surface area contributed by atoms with Crippen LogP contribution in [0.1, 0.15) is 53.9 Å². The van der Waals surface area contributed by atoms with Gasteiger partial charge in [0, 0.05) is 4.88 Å². The molecule has 1 unspecified atom stereocenters. The second-order valence-electron chi connectivity index (χ2n) is 6.14. The molecule has 27 heavy (non-hydrogen) atoms. The van der Waals surface area contributed by atoms with Crippen LogP contribution in [0.5, 0.6) is 0 Å². The van der Waals surface area contributed by atoms with Crippen molar-refractivity contribution in [3.8, 4) is 0 Å². The molecule has 3 N–H and O–H groups in total. The van der Waals surface area contributed by atoms with Gasteiger partial charge in [0.25, 0.3) is 0 Å². The highest BCUT2D eigenvalue weighted by molar-refractivity contribution is 8.02. The van der Waals surface area contributed by atoms with Gasteiger partial charge in [0.1, 0.15) is 5.00 Å². The lowest BCUT2D eigenvalue weighted by atomic mass is 10.1. The summed E-state index contributed by atoms with van der Waals surface area (Å²) in [6.07, 6.45) is 5.10. The largest absolute Gasteiger partial charge is 0.462 e. The van der Waals surface area contributed by atoms with Crippen LogP contribution in [0, 0.1) is 0 Å². The number of carbonyl (C=O) groups is 2. The second kappa shape index (κ2) is 9.03. The first-order valence-corrected chi connectivity index (χ1v) is 11.4. The topological polar surface area (TPSA) is 107 Å². The van der Waals surface area contributed by atoms with E-state index >= 15 is 0 Å². The maximum Gasteiger partial charge on any atom is 0.341 e. The van der Waals surface area contributed by atoms with Gasteiger partial charge in [0.2, 0.25) is 11.0 Å². The smallest absolute Gasteiger partial charge is 0.341 e. The number of aromatic nitrogens is 2. The summed E-state index contributed by atoms with van der Waals surface area (Å²) in [5.74, 6) is -0.542. The van der Waals surface area contributed by atoms with Crippen molar-refractivity contribution in [2.75, 3.05) is 17.7 Å². The van der Waals surface area contributed by atoms with Crippen LogP contribution in [0.2, 0.25) is 0 Å². The number of nitrogen functional groups attached to an aromatic ring is 1. The van der Waals surface area contributed by atoms with Crippen molar-refractivity contribution in [1.29, 1.82) is 0 Å². The molecule has 1 amide bonds. The van der Waals surface area contributed by atoms with E-state index in [2.05, 4.69) is 15.5 Å². The third kappa shape index (κ3) is 4.80. The molecule has 0 saturated carbocycles. The lowest BCUT2D eigenvalue weighted by molar-refractivity contribution is -0.115. The molecule has 1 atom stereocenters. The number of amides is 1. The van der Waals surface area contributed by atoms with Gasteiger partial charge in [0.05, 0.1) is 17.4 Å². The molecule has 3 rings (SSSR count). The van der Waals surface area contributed by atoms with Crippen LogP contribution >= 0.6 is 34.4 Å². The van der Waals surface area contributed by atoms with Gasteiger partial charge in [-0.3, -0.25) is 4.79 Å². The average molecular weight is 427 g/mol. The van der Waals surface area contributed by atoms with E-state index in [1.807, 2.05) is 0 Å². The standard InChI is InChI=1S/C17H22N4O3S3/c1-3-24-15(23)12-10-7-5-4-6-8-11(10)26-14(12)19-13(22)9(2)25-17-21-20-16(18)27-17/h9H,3-8H2,1-2H3,(H2,18,20)(H,19,22). The van der Waals surface area contributed by atoms with Gasteiger partial charge >= 0.3 is 5.97 Å². The Morgan fingerprint density at radius 2 is 2.04 bits per heavy atom. The first-order valence-electron chi connectivity index (χ1n) is 8.87. The quantitative estimate of drug-likeness (QED) is 0.411. The molecule has 0 aromatic carbocycles. The van der Waals surface area contributed by atoms with E-state index in [4.69, 9.17) is 10.5 Å². The number of carbonyl (C=O) groups excluding carboxylic acids is 2. The minimum absolute atomic E-state index is 0.185. The van der Waals surface area contributed by atoms with Crippen LogP contribution in [0.25, 0.3) is 0 Å². The minimum Gasteiger partial charge on any atom is -0.462 e. The Hall–Kier alpha value is -1.65. The fraction of sp³-hybridized carbons (Fsp3) is 0.529. The van der Waals surface area contributed by atoms with Gasteiger partial charge in [0.15, 0.2) is 4.34 Å². The fourth-order valence-electron chi connectivity index (χ4n) is 2.94. The lowest BCUT2D eigenvalue weighted by Gasteiger charge is -2.11. The number of aryl methyl sites for hydroxylation is 1. The van der Waals surface area contributed by atoms with Gasteiger partial charge in [-0.1, -0.05) is 29.5 Å². The number of thiophene rings is 1. The van der Waals surface area contributed by atoms with Crippen molar-refractivity contribution in [2.45, 2.75) is 55.5 Å². The normalized spacial score (nSPS) is 14.9. The predicted octanol–water partition coefficient (Wildman–Crippen LogP) is 3.75. The number of fused-ring (bicyclic) bond motifs is 1. The van der Waals surface area contributed by atoms with Crippen LogP contribution in [-0.2, 0) is 22.4 Å². The Labute approximate surface area is 170 Å². The van der Waals surface area contributed by atoms with Crippen molar-refractivity contribution in [2.24, 2.45) is 0 Å². The molecule has 2 aromatic rings. The molecule has 1 aliphatic rings. The van der Waals surface area contributed by atoms with Crippen LogP contribution < -0.4 is 11.1 Å². The Morgan fingerprint density at radius 3 is 2.74 bits per heavy atom. The number of anilines is 2. The van der Waals surface area contributed by atoms with Gasteiger partial charge in [-0.15, -0.1) is 21.5 Å². The van der Waals surface area contributed by atoms with E-state index < -0.39 is 5.25 Å². The first-order chi connectivity index (χ1) is 13.0.